The van der Waals surface area contributed by atoms with Crippen molar-refractivity contribution in [2.24, 2.45) is 0 Å². The zero-order chi connectivity index (χ0) is 26.2. The first-order valence-corrected chi connectivity index (χ1v) is 12.2. The van der Waals surface area contributed by atoms with Crippen LogP contribution in [0.2, 0.25) is 0 Å². The maximum Gasteiger partial charge on any atom is 0.323 e. The molecule has 5 N–H and O–H groups in total. The Balaban J connectivity index is 0.000000527. The smallest absolute Gasteiger partial charge is 0.323 e. The molecule has 1 aliphatic heterocycles. The quantitative estimate of drug-likeness (QED) is 0.148. The summed E-state index contributed by atoms with van der Waals surface area (Å²) in [6.45, 7) is 6.57. The van der Waals surface area contributed by atoms with Crippen molar-refractivity contribution >= 4 is 27.1 Å². The van der Waals surface area contributed by atoms with Gasteiger partial charge in [0.05, 0.1) is 21.7 Å². The Morgan fingerprint density at radius 3 is 2.51 bits per heavy atom. The van der Waals surface area contributed by atoms with Gasteiger partial charge in [0.1, 0.15) is 29.6 Å². The van der Waals surface area contributed by atoms with E-state index < -0.39 is 36.0 Å². The number of aliphatic hydroxyl groups is 2. The number of aromatic amines is 1. The Kier molecular flexibility index (Phi) is 11.0. The number of nitrogens with one attached hydrogen (secondary N) is 2. The number of hydrogen-bond donors (Lipinski definition) is 5. The molecule has 0 bridgehead atoms. The van der Waals surface area contributed by atoms with Crippen molar-refractivity contribution in [2.75, 3.05) is 6.61 Å². The minimum Gasteiger partial charge on any atom is -0.508 e. The van der Waals surface area contributed by atoms with E-state index in [1.807, 2.05) is 6.07 Å². The van der Waals surface area contributed by atoms with E-state index >= 15 is 0 Å². The van der Waals surface area contributed by atoms with Crippen LogP contribution < -0.4 is 10.6 Å². The number of carbonyl (C=O) groups excluding carboxylic acids is 1. The third kappa shape index (κ3) is 8.46. The van der Waals surface area contributed by atoms with Crippen LogP contribution in [0.5, 0.6) is 5.75 Å². The van der Waals surface area contributed by atoms with Crippen molar-refractivity contribution in [3.8, 4) is 5.75 Å². The monoisotopic (exact) mass is 529 g/mol. The first-order chi connectivity index (χ1) is 16.4. The number of phenols is 1. The van der Waals surface area contributed by atoms with Gasteiger partial charge in [-0.1, -0.05) is 18.2 Å². The molecule has 11 nitrogen and oxygen atoms in total. The SMILES string of the molecule is CC(C)OC(=O)C(C)NPOCC1OC(n2ccc(=O)[nH]c2=S)C(C)(O)[C@H]1O.Oc1ccccc1. The predicted octanol–water partition coefficient (Wildman–Crippen LogP) is 1.76. The number of rotatable bonds is 8. The first kappa shape index (κ1) is 29.1. The van der Waals surface area contributed by atoms with Gasteiger partial charge in [-0.2, -0.15) is 0 Å². The normalized spacial score (nSPS) is 24.8. The molecule has 1 fully saturated rings. The number of carbonyl (C=O) groups is 1. The van der Waals surface area contributed by atoms with Crippen molar-refractivity contribution < 1.29 is 34.1 Å². The number of ether oxygens (including phenoxy) is 2. The van der Waals surface area contributed by atoms with Gasteiger partial charge in [0, 0.05) is 12.3 Å². The molecule has 0 radical (unpaired) electrons. The number of H-pyrrole nitrogens is 1. The van der Waals surface area contributed by atoms with Crippen molar-refractivity contribution in [2.45, 2.75) is 63.9 Å². The summed E-state index contributed by atoms with van der Waals surface area (Å²) in [4.78, 5) is 25.5. The Hall–Kier alpha value is -2.18. The molecule has 2 heterocycles. The number of benzene rings is 1. The molecule has 194 valence electrons. The molecular formula is C22H32N3O8PS. The molecule has 0 spiro atoms. The summed E-state index contributed by atoms with van der Waals surface area (Å²) in [5, 5.41) is 32.6. The zero-order valence-corrected chi connectivity index (χ0v) is 21.7. The van der Waals surface area contributed by atoms with Crippen molar-refractivity contribution in [1.82, 2.24) is 14.6 Å². The molecule has 35 heavy (non-hydrogen) atoms. The molecule has 0 amide bonds. The third-order valence-electron chi connectivity index (χ3n) is 4.92. The van der Waals surface area contributed by atoms with E-state index in [-0.39, 0.29) is 32.0 Å². The van der Waals surface area contributed by atoms with E-state index in [2.05, 4.69) is 10.1 Å². The standard InChI is InChI=1S/C16H26N3O7PS.C6H6O/c1-8(2)25-13(22)9(3)18-27-24-7-10-12(21)16(4,23)14(26-10)19-6-5-11(20)17-15(19)28;7-6-4-2-1-3-5-6/h5-6,8-10,12,14,18,21,23,27H,7H2,1-4H3,(H,17,20,28);1-5,7H/t9?,10?,12-,14?,16?;/m0./s1. The molecule has 0 saturated carbocycles. The predicted molar refractivity (Wildman–Crippen MR) is 133 cm³/mol. The molecule has 1 aromatic heterocycles. The molecule has 1 aromatic carbocycles. The molecule has 5 unspecified atom stereocenters. The number of nitrogens with zero attached hydrogens (tertiary/aromatic N) is 1. The number of aliphatic hydroxyl groups excluding tert-OH is 1. The molecule has 0 aliphatic carbocycles. The Morgan fingerprint density at radius 1 is 1.31 bits per heavy atom. The Bertz CT molecular complexity index is 1060. The molecule has 13 heteroatoms. The molecule has 1 saturated heterocycles. The van der Waals surface area contributed by atoms with Crippen molar-refractivity contribution in [3.63, 3.8) is 0 Å². The molecule has 1 aliphatic rings. The van der Waals surface area contributed by atoms with Gasteiger partial charge in [0.15, 0.2) is 11.0 Å². The van der Waals surface area contributed by atoms with Gasteiger partial charge in [-0.3, -0.25) is 24.2 Å². The highest BCUT2D eigenvalue weighted by atomic mass is 32.1. The van der Waals surface area contributed by atoms with Crippen LogP contribution in [-0.2, 0) is 18.8 Å². The number of hydrogen-bond acceptors (Lipinski definition) is 10. The van der Waals surface area contributed by atoms with E-state index in [0.29, 0.717) is 5.75 Å². The van der Waals surface area contributed by atoms with Crippen LogP contribution in [0.1, 0.15) is 33.9 Å². The fourth-order valence-electron chi connectivity index (χ4n) is 3.06. The maximum absolute atomic E-state index is 11.7. The average molecular weight is 530 g/mol. The van der Waals surface area contributed by atoms with Gasteiger partial charge < -0.3 is 29.3 Å². The molecule has 6 atom stereocenters. The van der Waals surface area contributed by atoms with Crippen LogP contribution in [0.4, 0.5) is 0 Å². The second-order valence-electron chi connectivity index (χ2n) is 8.32. The summed E-state index contributed by atoms with van der Waals surface area (Å²) < 4.78 is 17.7. The zero-order valence-electron chi connectivity index (χ0n) is 19.9. The van der Waals surface area contributed by atoms with E-state index in [9.17, 15) is 19.8 Å². The Morgan fingerprint density at radius 2 is 1.97 bits per heavy atom. The molecule has 3 rings (SSSR count). The van der Waals surface area contributed by atoms with Gasteiger partial charge in [-0.05, 0) is 52.0 Å². The lowest BCUT2D eigenvalue weighted by Crippen LogP contribution is -2.44. The van der Waals surface area contributed by atoms with Crippen LogP contribution >= 0.6 is 21.2 Å². The molecule has 2 aromatic rings. The highest BCUT2D eigenvalue weighted by Gasteiger charge is 2.53. The van der Waals surface area contributed by atoms with E-state index in [0.717, 1.165) is 0 Å². The summed E-state index contributed by atoms with van der Waals surface area (Å²) >= 11 is 5.10. The lowest BCUT2D eigenvalue weighted by atomic mass is 9.96. The van der Waals surface area contributed by atoms with E-state index in [1.54, 1.807) is 45.0 Å². The fraction of sp³-hybridized carbons (Fsp3) is 0.500. The average Bonchev–Trinajstić information content (AvgIpc) is 3.00. The fourth-order valence-corrected chi connectivity index (χ4v) is 3.95. The van der Waals surface area contributed by atoms with Crippen molar-refractivity contribution in [3.05, 3.63) is 57.7 Å². The highest BCUT2D eigenvalue weighted by Crippen LogP contribution is 2.38. The van der Waals surface area contributed by atoms with Crippen LogP contribution in [0, 0.1) is 4.77 Å². The summed E-state index contributed by atoms with van der Waals surface area (Å²) in [7, 11) is -0.244. The van der Waals surface area contributed by atoms with Gasteiger partial charge in [0.25, 0.3) is 5.56 Å². The number of aromatic nitrogens is 2. The largest absolute Gasteiger partial charge is 0.508 e. The number of phenolic OH excluding ortho intramolecular Hbond substituents is 1. The minimum atomic E-state index is -1.66. The van der Waals surface area contributed by atoms with Crippen LogP contribution in [0.25, 0.3) is 0 Å². The Labute approximate surface area is 210 Å². The summed E-state index contributed by atoms with van der Waals surface area (Å²) in [5.74, 6) is -0.0683. The maximum atomic E-state index is 11.7. The molecular weight excluding hydrogens is 497 g/mol. The summed E-state index contributed by atoms with van der Waals surface area (Å²) in [6.07, 6.45) is -1.90. The van der Waals surface area contributed by atoms with Crippen molar-refractivity contribution in [1.29, 1.82) is 0 Å². The van der Waals surface area contributed by atoms with E-state index in [1.165, 1.54) is 23.8 Å². The summed E-state index contributed by atoms with van der Waals surface area (Å²) in [6, 6.07) is 9.41. The third-order valence-corrected chi connectivity index (χ3v) is 6.09. The minimum absolute atomic E-state index is 0.0259. The van der Waals surface area contributed by atoms with E-state index in [4.69, 9.17) is 31.3 Å². The van der Waals surface area contributed by atoms with Crippen LogP contribution in [0.3, 0.4) is 0 Å². The van der Waals surface area contributed by atoms with Gasteiger partial charge in [0.2, 0.25) is 0 Å². The second-order valence-corrected chi connectivity index (χ2v) is 9.48. The van der Waals surface area contributed by atoms with Gasteiger partial charge >= 0.3 is 5.97 Å². The lowest BCUT2D eigenvalue weighted by Gasteiger charge is -2.27. The number of para-hydroxylation sites is 1. The number of aromatic hydroxyl groups is 1. The lowest BCUT2D eigenvalue weighted by molar-refractivity contribution is -0.148. The highest BCUT2D eigenvalue weighted by molar-refractivity contribution is 7.71. The van der Waals surface area contributed by atoms with Crippen LogP contribution in [-0.4, -0.2) is 67.4 Å². The second kappa shape index (κ2) is 13.2. The van der Waals surface area contributed by atoms with Gasteiger partial charge in [-0.15, -0.1) is 0 Å². The number of esters is 1. The van der Waals surface area contributed by atoms with Crippen LogP contribution in [0.15, 0.2) is 47.4 Å². The topological polar surface area (TPSA) is 155 Å². The summed E-state index contributed by atoms with van der Waals surface area (Å²) in [5.41, 5.74) is -2.04. The first-order valence-electron chi connectivity index (χ1n) is 10.9. The van der Waals surface area contributed by atoms with Gasteiger partial charge in [-0.25, -0.2) is 0 Å².